The van der Waals surface area contributed by atoms with Crippen LogP contribution in [0.5, 0.6) is 0 Å². The van der Waals surface area contributed by atoms with Crippen LogP contribution in [0.25, 0.3) is 0 Å². The van der Waals surface area contributed by atoms with Crippen LogP contribution in [-0.2, 0) is 10.2 Å². The number of hydrogen-bond donors (Lipinski definition) is 1. The zero-order valence-corrected chi connectivity index (χ0v) is 10.3. The summed E-state index contributed by atoms with van der Waals surface area (Å²) in [6.07, 6.45) is 1.47. The van der Waals surface area contributed by atoms with Crippen molar-refractivity contribution < 1.29 is 4.79 Å². The maximum atomic E-state index is 11.3. The molecule has 5 heteroatoms. The third-order valence-electron chi connectivity index (χ3n) is 2.41. The van der Waals surface area contributed by atoms with E-state index in [2.05, 4.69) is 4.98 Å². The minimum atomic E-state index is -0.896. The SMILES string of the molecule is Cc1c(Cl)cnc(C(C)(C)C(N)=O)c1Cl. The molecule has 82 valence electrons. The smallest absolute Gasteiger partial charge is 0.229 e. The van der Waals surface area contributed by atoms with Crippen molar-refractivity contribution in [1.29, 1.82) is 0 Å². The van der Waals surface area contributed by atoms with Crippen LogP contribution in [0.2, 0.25) is 10.0 Å². The van der Waals surface area contributed by atoms with E-state index in [0.717, 1.165) is 0 Å². The fourth-order valence-electron chi connectivity index (χ4n) is 1.11. The summed E-state index contributed by atoms with van der Waals surface area (Å²) in [6.45, 7) is 5.13. The number of amides is 1. The molecule has 1 aromatic heterocycles. The van der Waals surface area contributed by atoms with E-state index in [1.54, 1.807) is 20.8 Å². The number of nitrogens with zero attached hydrogens (tertiary/aromatic N) is 1. The van der Waals surface area contributed by atoms with E-state index in [0.29, 0.717) is 21.3 Å². The molecule has 1 rings (SSSR count). The lowest BCUT2D eigenvalue weighted by atomic mass is 9.87. The van der Waals surface area contributed by atoms with E-state index in [9.17, 15) is 4.79 Å². The number of halogens is 2. The van der Waals surface area contributed by atoms with Crippen molar-refractivity contribution in [1.82, 2.24) is 4.98 Å². The number of aromatic nitrogens is 1. The van der Waals surface area contributed by atoms with E-state index >= 15 is 0 Å². The van der Waals surface area contributed by atoms with Crippen LogP contribution in [0.4, 0.5) is 0 Å². The predicted octanol–water partition coefficient (Wildman–Crippen LogP) is 2.46. The Morgan fingerprint density at radius 1 is 1.47 bits per heavy atom. The molecule has 0 aromatic carbocycles. The number of nitrogens with two attached hydrogens (primary N) is 1. The molecule has 0 aliphatic rings. The van der Waals surface area contributed by atoms with E-state index in [-0.39, 0.29) is 0 Å². The van der Waals surface area contributed by atoms with Gasteiger partial charge in [-0.1, -0.05) is 23.2 Å². The number of carbonyl (C=O) groups excluding carboxylic acids is 1. The summed E-state index contributed by atoms with van der Waals surface area (Å²) in [5, 5.41) is 0.871. The van der Waals surface area contributed by atoms with Crippen LogP contribution >= 0.6 is 23.2 Å². The van der Waals surface area contributed by atoms with Crippen molar-refractivity contribution >= 4 is 29.1 Å². The van der Waals surface area contributed by atoms with E-state index < -0.39 is 11.3 Å². The van der Waals surface area contributed by atoms with Gasteiger partial charge in [-0.2, -0.15) is 0 Å². The average molecular weight is 247 g/mol. The number of primary amides is 1. The van der Waals surface area contributed by atoms with Crippen molar-refractivity contribution in [3.8, 4) is 0 Å². The first-order valence-corrected chi connectivity index (χ1v) is 5.15. The predicted molar refractivity (Wildman–Crippen MR) is 61.2 cm³/mol. The second-order valence-electron chi connectivity index (χ2n) is 3.88. The molecule has 0 saturated carbocycles. The third-order valence-corrected chi connectivity index (χ3v) is 3.25. The van der Waals surface area contributed by atoms with Crippen molar-refractivity contribution in [2.45, 2.75) is 26.2 Å². The highest BCUT2D eigenvalue weighted by atomic mass is 35.5. The van der Waals surface area contributed by atoms with Gasteiger partial charge in [-0.15, -0.1) is 0 Å². The van der Waals surface area contributed by atoms with E-state index in [1.165, 1.54) is 6.20 Å². The highest BCUT2D eigenvalue weighted by molar-refractivity contribution is 6.36. The molecule has 0 unspecified atom stereocenters. The fourth-order valence-corrected chi connectivity index (χ4v) is 1.69. The van der Waals surface area contributed by atoms with Gasteiger partial charge in [-0.3, -0.25) is 9.78 Å². The molecule has 0 spiro atoms. The van der Waals surface area contributed by atoms with Crippen molar-refractivity contribution in [3.63, 3.8) is 0 Å². The molecule has 0 atom stereocenters. The topological polar surface area (TPSA) is 56.0 Å². The summed E-state index contributed by atoms with van der Waals surface area (Å²) in [7, 11) is 0. The first-order valence-electron chi connectivity index (χ1n) is 4.39. The molecule has 0 bridgehead atoms. The highest BCUT2D eigenvalue weighted by Crippen LogP contribution is 2.32. The molecule has 1 amide bonds. The van der Waals surface area contributed by atoms with Crippen LogP contribution in [-0.4, -0.2) is 10.9 Å². The molecule has 0 fully saturated rings. The Balaban J connectivity index is 3.40. The van der Waals surface area contributed by atoms with Gasteiger partial charge in [0.1, 0.15) is 0 Å². The molecule has 0 saturated heterocycles. The molecule has 1 heterocycles. The Hall–Kier alpha value is -0.800. The molecule has 2 N–H and O–H groups in total. The lowest BCUT2D eigenvalue weighted by Gasteiger charge is -2.21. The van der Waals surface area contributed by atoms with Gasteiger partial charge < -0.3 is 5.73 Å². The summed E-state index contributed by atoms with van der Waals surface area (Å²) in [5.41, 5.74) is 5.56. The minimum absolute atomic E-state index is 0.395. The molecule has 1 aromatic rings. The quantitative estimate of drug-likeness (QED) is 0.872. The summed E-state index contributed by atoms with van der Waals surface area (Å²) in [6, 6.07) is 0. The standard InChI is InChI=1S/C10H12Cl2N2O/c1-5-6(11)4-14-8(7(5)12)10(2,3)9(13)15/h4H,1-3H3,(H2,13,15). The zero-order chi connectivity index (χ0) is 11.8. The molecule has 3 nitrogen and oxygen atoms in total. The molecule has 15 heavy (non-hydrogen) atoms. The number of rotatable bonds is 2. The van der Waals surface area contributed by atoms with Gasteiger partial charge in [0.05, 0.1) is 21.2 Å². The maximum Gasteiger partial charge on any atom is 0.229 e. The van der Waals surface area contributed by atoms with E-state index in [1.807, 2.05) is 0 Å². The molecular formula is C10H12Cl2N2O. The Bertz CT molecular complexity index is 416. The Kier molecular flexibility index (Phi) is 3.26. The first kappa shape index (κ1) is 12.3. The molecular weight excluding hydrogens is 235 g/mol. The first-order chi connectivity index (χ1) is 6.78. The Morgan fingerprint density at radius 3 is 2.47 bits per heavy atom. The second-order valence-corrected chi connectivity index (χ2v) is 4.67. The summed E-state index contributed by atoms with van der Waals surface area (Å²) in [4.78, 5) is 15.3. The van der Waals surface area contributed by atoms with Crippen LogP contribution in [0.3, 0.4) is 0 Å². The van der Waals surface area contributed by atoms with Crippen molar-refractivity contribution in [2.24, 2.45) is 5.73 Å². The van der Waals surface area contributed by atoms with Gasteiger partial charge in [0, 0.05) is 6.20 Å². The zero-order valence-electron chi connectivity index (χ0n) is 8.77. The Labute approximate surface area is 98.6 Å². The maximum absolute atomic E-state index is 11.3. The fraction of sp³-hybridized carbons (Fsp3) is 0.400. The van der Waals surface area contributed by atoms with Gasteiger partial charge in [0.2, 0.25) is 5.91 Å². The number of hydrogen-bond acceptors (Lipinski definition) is 2. The summed E-state index contributed by atoms with van der Waals surface area (Å²) in [5.74, 6) is -0.473. The van der Waals surface area contributed by atoms with Crippen LogP contribution < -0.4 is 5.73 Å². The van der Waals surface area contributed by atoms with Gasteiger partial charge in [0.15, 0.2) is 0 Å². The van der Waals surface area contributed by atoms with Gasteiger partial charge in [-0.25, -0.2) is 0 Å². The largest absolute Gasteiger partial charge is 0.369 e. The van der Waals surface area contributed by atoms with Gasteiger partial charge in [-0.05, 0) is 26.3 Å². The van der Waals surface area contributed by atoms with Gasteiger partial charge in [0.25, 0.3) is 0 Å². The molecule has 0 aliphatic heterocycles. The van der Waals surface area contributed by atoms with Crippen LogP contribution in [0.15, 0.2) is 6.20 Å². The third kappa shape index (κ3) is 2.08. The number of carbonyl (C=O) groups is 1. The molecule has 0 aliphatic carbocycles. The van der Waals surface area contributed by atoms with Crippen LogP contribution in [0, 0.1) is 6.92 Å². The monoisotopic (exact) mass is 246 g/mol. The minimum Gasteiger partial charge on any atom is -0.369 e. The van der Waals surface area contributed by atoms with Gasteiger partial charge >= 0.3 is 0 Å². The lowest BCUT2D eigenvalue weighted by Crippen LogP contribution is -2.36. The van der Waals surface area contributed by atoms with Crippen LogP contribution in [0.1, 0.15) is 25.1 Å². The highest BCUT2D eigenvalue weighted by Gasteiger charge is 2.32. The average Bonchev–Trinajstić information content (AvgIpc) is 2.13. The summed E-state index contributed by atoms with van der Waals surface area (Å²) >= 11 is 11.9. The van der Waals surface area contributed by atoms with Crippen molar-refractivity contribution in [3.05, 3.63) is 27.5 Å². The summed E-state index contributed by atoms with van der Waals surface area (Å²) < 4.78 is 0. The molecule has 0 radical (unpaired) electrons. The second kappa shape index (κ2) is 3.99. The normalized spacial score (nSPS) is 11.5. The van der Waals surface area contributed by atoms with E-state index in [4.69, 9.17) is 28.9 Å². The number of pyridine rings is 1. The lowest BCUT2D eigenvalue weighted by molar-refractivity contribution is -0.122. The Morgan fingerprint density at radius 2 is 2.00 bits per heavy atom. The van der Waals surface area contributed by atoms with Crippen molar-refractivity contribution in [2.75, 3.05) is 0 Å².